The van der Waals surface area contributed by atoms with Crippen molar-refractivity contribution in [2.24, 2.45) is 0 Å². The average Bonchev–Trinajstić information content (AvgIpc) is 2.45. The van der Waals surface area contributed by atoms with E-state index in [0.29, 0.717) is 5.39 Å². The number of anilines is 1. The van der Waals surface area contributed by atoms with Gasteiger partial charge in [-0.15, -0.1) is 0 Å². The van der Waals surface area contributed by atoms with E-state index in [4.69, 9.17) is 4.42 Å². The number of esters is 1. The molecule has 1 heterocycles. The van der Waals surface area contributed by atoms with Gasteiger partial charge in [-0.05, 0) is 18.2 Å². The number of methoxy groups -OCH3 is 1. The van der Waals surface area contributed by atoms with E-state index in [0.717, 1.165) is 12.2 Å². The van der Waals surface area contributed by atoms with Gasteiger partial charge >= 0.3 is 11.6 Å². The molecule has 0 aliphatic carbocycles. The molecule has 108 valence electrons. The molecule has 1 aromatic carbocycles. The highest BCUT2D eigenvalue weighted by molar-refractivity contribution is 6.03. The summed E-state index contributed by atoms with van der Waals surface area (Å²) in [7, 11) is 1.18. The summed E-state index contributed by atoms with van der Waals surface area (Å²) in [4.78, 5) is 34.1. The summed E-state index contributed by atoms with van der Waals surface area (Å²) in [6, 6.07) is 5.66. The first-order valence-electron chi connectivity index (χ1n) is 5.83. The fourth-order valence-electron chi connectivity index (χ4n) is 1.57. The molecule has 0 saturated carbocycles. The quantitative estimate of drug-likeness (QED) is 0.499. The Hall–Kier alpha value is -3.09. The summed E-state index contributed by atoms with van der Waals surface area (Å²) in [6.07, 6.45) is 1.86. The number of rotatable bonds is 3. The van der Waals surface area contributed by atoms with Gasteiger partial charge in [0.15, 0.2) is 0 Å². The Balaban J connectivity index is 2.26. The first-order chi connectivity index (χ1) is 9.99. The first-order valence-corrected chi connectivity index (χ1v) is 5.83. The van der Waals surface area contributed by atoms with Gasteiger partial charge in [-0.2, -0.15) is 0 Å². The normalized spacial score (nSPS) is 10.7. The minimum absolute atomic E-state index is 0.0385. The highest BCUT2D eigenvalue weighted by Crippen LogP contribution is 2.20. The molecule has 1 amide bonds. The van der Waals surface area contributed by atoms with Crippen molar-refractivity contribution < 1.29 is 23.8 Å². The molecule has 7 heteroatoms. The van der Waals surface area contributed by atoms with Crippen molar-refractivity contribution in [3.63, 3.8) is 0 Å². The Bertz CT molecular complexity index is 790. The zero-order valence-electron chi connectivity index (χ0n) is 11.0. The molecule has 0 aliphatic heterocycles. The molecule has 0 bridgehead atoms. The Morgan fingerprint density at radius 2 is 2.05 bits per heavy atom. The number of amides is 1. The lowest BCUT2D eigenvalue weighted by Gasteiger charge is -2.03. The van der Waals surface area contributed by atoms with Gasteiger partial charge < -0.3 is 19.6 Å². The standard InChI is InChI=1S/C14H11NO6/c1-20-13(18)5-4-12(17)15-10-6-8-2-3-9(16)7-11(8)21-14(10)19/h2-7,16H,1H3,(H,15,17)/b5-4-. The number of hydrogen-bond donors (Lipinski definition) is 2. The zero-order valence-corrected chi connectivity index (χ0v) is 11.0. The number of carbonyl (C=O) groups excluding carboxylic acids is 2. The maximum atomic E-state index is 11.7. The molecule has 2 aromatic rings. The van der Waals surface area contributed by atoms with Crippen LogP contribution in [0.4, 0.5) is 5.69 Å². The van der Waals surface area contributed by atoms with E-state index >= 15 is 0 Å². The Kier molecular flexibility index (Phi) is 4.03. The minimum atomic E-state index is -0.770. The van der Waals surface area contributed by atoms with Crippen LogP contribution in [0.1, 0.15) is 0 Å². The van der Waals surface area contributed by atoms with E-state index in [1.807, 2.05) is 0 Å². The van der Waals surface area contributed by atoms with Crippen LogP contribution in [0.5, 0.6) is 5.75 Å². The summed E-state index contributed by atoms with van der Waals surface area (Å²) in [5, 5.41) is 12.1. The monoisotopic (exact) mass is 289 g/mol. The van der Waals surface area contributed by atoms with E-state index < -0.39 is 17.5 Å². The summed E-state index contributed by atoms with van der Waals surface area (Å²) in [5.41, 5.74) is -0.649. The smallest absolute Gasteiger partial charge is 0.360 e. The van der Waals surface area contributed by atoms with Crippen LogP contribution in [0, 0.1) is 0 Å². The topological polar surface area (TPSA) is 106 Å². The molecule has 0 radical (unpaired) electrons. The van der Waals surface area contributed by atoms with E-state index in [1.54, 1.807) is 0 Å². The van der Waals surface area contributed by atoms with Crippen LogP contribution in [0.15, 0.2) is 45.6 Å². The second-order valence-corrected chi connectivity index (χ2v) is 4.02. The second kappa shape index (κ2) is 5.91. The molecule has 0 aliphatic rings. The lowest BCUT2D eigenvalue weighted by atomic mass is 10.2. The molecule has 0 saturated heterocycles. The molecule has 21 heavy (non-hydrogen) atoms. The summed E-state index contributed by atoms with van der Waals surface area (Å²) >= 11 is 0. The van der Waals surface area contributed by atoms with Crippen LogP contribution < -0.4 is 10.9 Å². The summed E-state index contributed by atoms with van der Waals surface area (Å²) in [5.74, 6) is -1.40. The molecule has 0 spiro atoms. The van der Waals surface area contributed by atoms with Gasteiger partial charge in [-0.1, -0.05) is 0 Å². The molecule has 2 N–H and O–H groups in total. The predicted molar refractivity (Wildman–Crippen MR) is 73.9 cm³/mol. The number of aromatic hydroxyl groups is 1. The third-order valence-electron chi connectivity index (χ3n) is 2.55. The number of carbonyl (C=O) groups is 2. The fraction of sp³-hybridized carbons (Fsp3) is 0.0714. The van der Waals surface area contributed by atoms with Gasteiger partial charge in [-0.25, -0.2) is 9.59 Å². The zero-order chi connectivity index (χ0) is 15.4. The number of fused-ring (bicyclic) bond motifs is 1. The molecule has 7 nitrogen and oxygen atoms in total. The number of nitrogens with one attached hydrogen (secondary N) is 1. The Labute approximate surface area is 118 Å². The van der Waals surface area contributed by atoms with Gasteiger partial charge in [0, 0.05) is 23.6 Å². The van der Waals surface area contributed by atoms with Crippen molar-refractivity contribution in [2.75, 3.05) is 12.4 Å². The van der Waals surface area contributed by atoms with Crippen LogP contribution in [-0.4, -0.2) is 24.1 Å². The van der Waals surface area contributed by atoms with Crippen LogP contribution in [0.2, 0.25) is 0 Å². The van der Waals surface area contributed by atoms with E-state index in [9.17, 15) is 19.5 Å². The van der Waals surface area contributed by atoms with Crippen LogP contribution >= 0.6 is 0 Å². The summed E-state index contributed by atoms with van der Waals surface area (Å²) < 4.78 is 9.31. The van der Waals surface area contributed by atoms with E-state index in [-0.39, 0.29) is 17.0 Å². The number of phenols is 1. The number of hydrogen-bond acceptors (Lipinski definition) is 6. The Morgan fingerprint density at radius 1 is 1.29 bits per heavy atom. The molecule has 0 unspecified atom stereocenters. The van der Waals surface area contributed by atoms with E-state index in [1.165, 1.54) is 31.4 Å². The number of benzene rings is 1. The van der Waals surface area contributed by atoms with Gasteiger partial charge in [0.05, 0.1) is 7.11 Å². The average molecular weight is 289 g/mol. The number of phenolic OH excluding ortho intramolecular Hbond substituents is 1. The van der Waals surface area contributed by atoms with Crippen LogP contribution in [-0.2, 0) is 14.3 Å². The van der Waals surface area contributed by atoms with Crippen molar-refractivity contribution in [1.29, 1.82) is 0 Å². The molecular weight excluding hydrogens is 278 g/mol. The maximum Gasteiger partial charge on any atom is 0.360 e. The third-order valence-corrected chi connectivity index (χ3v) is 2.55. The fourth-order valence-corrected chi connectivity index (χ4v) is 1.57. The second-order valence-electron chi connectivity index (χ2n) is 4.02. The van der Waals surface area contributed by atoms with Crippen molar-refractivity contribution in [3.8, 4) is 5.75 Å². The molecule has 2 rings (SSSR count). The largest absolute Gasteiger partial charge is 0.508 e. The van der Waals surface area contributed by atoms with Crippen molar-refractivity contribution >= 4 is 28.5 Å². The lowest BCUT2D eigenvalue weighted by Crippen LogP contribution is -2.16. The first kappa shape index (κ1) is 14.3. The SMILES string of the molecule is COC(=O)/C=C\C(=O)Nc1cc2ccc(O)cc2oc1=O. The van der Waals surface area contributed by atoms with Crippen LogP contribution in [0.25, 0.3) is 11.0 Å². The highest BCUT2D eigenvalue weighted by Gasteiger charge is 2.08. The molecule has 0 fully saturated rings. The summed E-state index contributed by atoms with van der Waals surface area (Å²) in [6.45, 7) is 0. The third kappa shape index (κ3) is 3.47. The van der Waals surface area contributed by atoms with Crippen molar-refractivity contribution in [3.05, 3.63) is 46.8 Å². The Morgan fingerprint density at radius 3 is 2.76 bits per heavy atom. The lowest BCUT2D eigenvalue weighted by molar-refractivity contribution is -0.135. The molecule has 1 aromatic heterocycles. The predicted octanol–water partition coefficient (Wildman–Crippen LogP) is 1.17. The molecule has 0 atom stereocenters. The van der Waals surface area contributed by atoms with Gasteiger partial charge in [0.25, 0.3) is 0 Å². The van der Waals surface area contributed by atoms with Crippen molar-refractivity contribution in [1.82, 2.24) is 0 Å². The maximum absolute atomic E-state index is 11.7. The highest BCUT2D eigenvalue weighted by atomic mass is 16.5. The number of ether oxygens (including phenoxy) is 1. The van der Waals surface area contributed by atoms with Gasteiger partial charge in [0.2, 0.25) is 5.91 Å². The minimum Gasteiger partial charge on any atom is -0.508 e. The van der Waals surface area contributed by atoms with Crippen LogP contribution in [0.3, 0.4) is 0 Å². The van der Waals surface area contributed by atoms with Gasteiger partial charge in [0.1, 0.15) is 17.0 Å². The molecular formula is C14H11NO6. The van der Waals surface area contributed by atoms with Gasteiger partial charge in [-0.3, -0.25) is 4.79 Å². The van der Waals surface area contributed by atoms with Crippen molar-refractivity contribution in [2.45, 2.75) is 0 Å². The van der Waals surface area contributed by atoms with E-state index in [2.05, 4.69) is 10.1 Å².